The van der Waals surface area contributed by atoms with Gasteiger partial charge in [0.25, 0.3) is 0 Å². The van der Waals surface area contributed by atoms with Crippen LogP contribution in [0.1, 0.15) is 37.8 Å². The second kappa shape index (κ2) is 4.07. The van der Waals surface area contributed by atoms with Crippen LogP contribution in [0.4, 0.5) is 0 Å². The fourth-order valence-corrected chi connectivity index (χ4v) is 4.01. The molecule has 0 radical (unpaired) electrons. The molecule has 1 fully saturated rings. The summed E-state index contributed by atoms with van der Waals surface area (Å²) in [5.41, 5.74) is 3.67. The van der Waals surface area contributed by atoms with Crippen molar-refractivity contribution in [2.24, 2.45) is 0 Å². The van der Waals surface area contributed by atoms with E-state index in [0.717, 1.165) is 19.6 Å². The predicted octanol–water partition coefficient (Wildman–Crippen LogP) is 2.49. The van der Waals surface area contributed by atoms with Crippen molar-refractivity contribution >= 4 is 0 Å². The fourth-order valence-electron chi connectivity index (χ4n) is 4.01. The Morgan fingerprint density at radius 2 is 1.67 bits per heavy atom. The molecule has 2 aliphatic rings. The second-order valence-corrected chi connectivity index (χ2v) is 6.57. The van der Waals surface area contributed by atoms with E-state index >= 15 is 0 Å². The number of benzene rings is 1. The van der Waals surface area contributed by atoms with Crippen LogP contribution in [0.15, 0.2) is 24.3 Å². The van der Waals surface area contributed by atoms with Crippen LogP contribution < -0.4 is 5.32 Å². The summed E-state index contributed by atoms with van der Waals surface area (Å²) in [4.78, 5) is 2.61. The van der Waals surface area contributed by atoms with Crippen LogP contribution in [-0.4, -0.2) is 31.6 Å². The minimum Gasteiger partial charge on any atom is -0.317 e. The molecule has 1 N–H and O–H groups in total. The SMILES string of the molecule is CN1CC(C)(C)c2ccccc2C12CCNCC2. The Kier molecular flexibility index (Phi) is 2.76. The van der Waals surface area contributed by atoms with Gasteiger partial charge in [0.05, 0.1) is 0 Å². The summed E-state index contributed by atoms with van der Waals surface area (Å²) in [6.45, 7) is 8.18. The molecule has 1 aromatic carbocycles. The number of nitrogens with one attached hydrogen (secondary N) is 1. The van der Waals surface area contributed by atoms with Gasteiger partial charge in [-0.05, 0) is 44.1 Å². The van der Waals surface area contributed by atoms with E-state index < -0.39 is 0 Å². The van der Waals surface area contributed by atoms with Gasteiger partial charge in [0.2, 0.25) is 0 Å². The van der Waals surface area contributed by atoms with E-state index in [0.29, 0.717) is 0 Å². The lowest BCUT2D eigenvalue weighted by molar-refractivity contribution is 0.0433. The van der Waals surface area contributed by atoms with Gasteiger partial charge in [0, 0.05) is 17.5 Å². The maximum atomic E-state index is 3.50. The molecule has 2 heteroatoms. The molecule has 0 saturated carbocycles. The normalized spacial score (nSPS) is 25.9. The highest BCUT2D eigenvalue weighted by atomic mass is 15.2. The quantitative estimate of drug-likeness (QED) is 0.754. The summed E-state index contributed by atoms with van der Waals surface area (Å²) in [6.07, 6.45) is 2.47. The summed E-state index contributed by atoms with van der Waals surface area (Å²) >= 11 is 0. The molecule has 0 aliphatic carbocycles. The number of hydrogen-bond donors (Lipinski definition) is 1. The van der Waals surface area contributed by atoms with Crippen molar-refractivity contribution in [3.05, 3.63) is 35.4 Å². The van der Waals surface area contributed by atoms with Gasteiger partial charge in [-0.3, -0.25) is 4.90 Å². The third-order valence-corrected chi connectivity index (χ3v) is 4.95. The topological polar surface area (TPSA) is 15.3 Å². The first-order valence-electron chi connectivity index (χ1n) is 7.08. The maximum absolute atomic E-state index is 3.50. The smallest absolute Gasteiger partial charge is 0.0485 e. The van der Waals surface area contributed by atoms with Gasteiger partial charge in [-0.1, -0.05) is 38.1 Å². The standard InChI is InChI=1S/C16H24N2/c1-15(2)12-18(3)16(8-10-17-11-9-16)14-7-5-4-6-13(14)15/h4-7,17H,8-12H2,1-3H3. The van der Waals surface area contributed by atoms with Gasteiger partial charge in [0.15, 0.2) is 0 Å². The van der Waals surface area contributed by atoms with Gasteiger partial charge < -0.3 is 5.32 Å². The lowest BCUT2D eigenvalue weighted by Gasteiger charge is -2.53. The van der Waals surface area contributed by atoms with Crippen molar-refractivity contribution in [2.75, 3.05) is 26.7 Å². The van der Waals surface area contributed by atoms with Gasteiger partial charge >= 0.3 is 0 Å². The van der Waals surface area contributed by atoms with Crippen molar-refractivity contribution in [3.63, 3.8) is 0 Å². The van der Waals surface area contributed by atoms with Gasteiger partial charge in [0.1, 0.15) is 0 Å². The molecule has 1 saturated heterocycles. The second-order valence-electron chi connectivity index (χ2n) is 6.57. The zero-order valence-corrected chi connectivity index (χ0v) is 11.8. The molecule has 1 aromatic rings. The van der Waals surface area contributed by atoms with Crippen LogP contribution in [0.3, 0.4) is 0 Å². The molecule has 98 valence electrons. The van der Waals surface area contributed by atoms with Crippen molar-refractivity contribution in [3.8, 4) is 0 Å². The van der Waals surface area contributed by atoms with E-state index in [1.165, 1.54) is 12.8 Å². The summed E-state index contributed by atoms with van der Waals surface area (Å²) < 4.78 is 0. The van der Waals surface area contributed by atoms with Crippen LogP contribution in [0.5, 0.6) is 0 Å². The summed E-state index contributed by atoms with van der Waals surface area (Å²) in [6, 6.07) is 9.10. The molecule has 0 bridgehead atoms. The largest absolute Gasteiger partial charge is 0.317 e. The van der Waals surface area contributed by atoms with E-state index in [1.807, 2.05) is 0 Å². The number of rotatable bonds is 0. The lowest BCUT2D eigenvalue weighted by Crippen LogP contribution is -2.57. The zero-order chi connectivity index (χ0) is 12.8. The minimum absolute atomic E-state index is 0.265. The predicted molar refractivity (Wildman–Crippen MR) is 75.9 cm³/mol. The van der Waals surface area contributed by atoms with Crippen LogP contribution in [0, 0.1) is 0 Å². The number of nitrogens with zero attached hydrogens (tertiary/aromatic N) is 1. The zero-order valence-electron chi connectivity index (χ0n) is 11.8. The van der Waals surface area contributed by atoms with Crippen LogP contribution in [-0.2, 0) is 11.0 Å². The average molecular weight is 244 g/mol. The highest BCUT2D eigenvalue weighted by Crippen LogP contribution is 2.46. The van der Waals surface area contributed by atoms with Gasteiger partial charge in [-0.2, -0.15) is 0 Å². The molecule has 2 heterocycles. The third-order valence-electron chi connectivity index (χ3n) is 4.95. The Bertz CT molecular complexity index is 444. The number of hydrogen-bond acceptors (Lipinski definition) is 2. The number of piperidine rings is 1. The molecule has 1 spiro atoms. The molecule has 2 aliphatic heterocycles. The van der Waals surface area contributed by atoms with E-state index in [9.17, 15) is 0 Å². The number of fused-ring (bicyclic) bond motifs is 2. The molecular weight excluding hydrogens is 220 g/mol. The lowest BCUT2D eigenvalue weighted by atomic mass is 9.67. The molecule has 0 unspecified atom stereocenters. The maximum Gasteiger partial charge on any atom is 0.0485 e. The Hall–Kier alpha value is -0.860. The van der Waals surface area contributed by atoms with E-state index in [4.69, 9.17) is 0 Å². The monoisotopic (exact) mass is 244 g/mol. The van der Waals surface area contributed by atoms with Gasteiger partial charge in [-0.15, -0.1) is 0 Å². The Morgan fingerprint density at radius 1 is 1.06 bits per heavy atom. The van der Waals surface area contributed by atoms with Crippen molar-refractivity contribution in [1.29, 1.82) is 0 Å². The van der Waals surface area contributed by atoms with Gasteiger partial charge in [-0.25, -0.2) is 0 Å². The van der Waals surface area contributed by atoms with Crippen molar-refractivity contribution in [2.45, 2.75) is 37.6 Å². The molecule has 2 nitrogen and oxygen atoms in total. The van der Waals surface area contributed by atoms with Crippen LogP contribution in [0.2, 0.25) is 0 Å². The number of likely N-dealkylation sites (N-methyl/N-ethyl adjacent to an activating group) is 1. The molecule has 3 rings (SSSR count). The van der Waals surface area contributed by atoms with Crippen LogP contribution in [0.25, 0.3) is 0 Å². The molecular formula is C16H24N2. The minimum atomic E-state index is 0.265. The van der Waals surface area contributed by atoms with Crippen molar-refractivity contribution in [1.82, 2.24) is 10.2 Å². The first-order valence-corrected chi connectivity index (χ1v) is 7.08. The first-order chi connectivity index (χ1) is 8.56. The molecule has 18 heavy (non-hydrogen) atoms. The Balaban J connectivity index is 2.16. The van der Waals surface area contributed by atoms with Crippen LogP contribution >= 0.6 is 0 Å². The Morgan fingerprint density at radius 3 is 2.33 bits per heavy atom. The van der Waals surface area contributed by atoms with E-state index in [-0.39, 0.29) is 11.0 Å². The fraction of sp³-hybridized carbons (Fsp3) is 0.625. The van der Waals surface area contributed by atoms with Crippen molar-refractivity contribution < 1.29 is 0 Å². The molecule has 0 aromatic heterocycles. The highest BCUT2D eigenvalue weighted by molar-refractivity contribution is 5.42. The first kappa shape index (κ1) is 12.2. The summed E-state index contributed by atoms with van der Waals surface area (Å²) in [5.74, 6) is 0. The average Bonchev–Trinajstić information content (AvgIpc) is 2.38. The summed E-state index contributed by atoms with van der Waals surface area (Å²) in [7, 11) is 2.31. The highest BCUT2D eigenvalue weighted by Gasteiger charge is 2.46. The third kappa shape index (κ3) is 1.63. The Labute approximate surface area is 110 Å². The van der Waals surface area contributed by atoms with E-state index in [2.05, 4.69) is 55.4 Å². The van der Waals surface area contributed by atoms with E-state index in [1.54, 1.807) is 11.1 Å². The molecule has 0 amide bonds. The molecule has 0 atom stereocenters. The summed E-state index contributed by atoms with van der Waals surface area (Å²) in [5, 5.41) is 3.50.